The first kappa shape index (κ1) is 24.4. The topological polar surface area (TPSA) is 22.1 Å². The third kappa shape index (κ3) is 10.8. The minimum atomic E-state index is 0.822. The molecule has 1 heterocycles. The highest BCUT2D eigenvalue weighted by molar-refractivity contribution is 5.28. The van der Waals surface area contributed by atoms with E-state index in [-0.39, 0.29) is 0 Å². The van der Waals surface area contributed by atoms with Crippen LogP contribution in [0.3, 0.4) is 0 Å². The molecule has 0 unspecified atom stereocenters. The van der Waals surface area contributed by atoms with E-state index >= 15 is 0 Å². The van der Waals surface area contributed by atoms with Crippen molar-refractivity contribution in [3.05, 3.63) is 59.4 Å². The quantitative estimate of drug-likeness (QED) is 0.246. The summed E-state index contributed by atoms with van der Waals surface area (Å²) >= 11 is 0. The Balaban J connectivity index is 1.60. The third-order valence-electron chi connectivity index (χ3n) is 5.81. The van der Waals surface area contributed by atoms with Gasteiger partial charge in [-0.1, -0.05) is 89.8 Å². The Bertz CT molecular complexity index is 647. The zero-order valence-corrected chi connectivity index (χ0v) is 19.5. The lowest BCUT2D eigenvalue weighted by atomic mass is 10.0. The van der Waals surface area contributed by atoms with E-state index in [1.165, 1.54) is 87.4 Å². The molecule has 1 aromatic carbocycles. The normalized spacial score (nSPS) is 11.0. The van der Waals surface area contributed by atoms with Crippen LogP contribution in [-0.2, 0) is 19.3 Å². The van der Waals surface area contributed by atoms with E-state index in [0.29, 0.717) is 0 Å². The van der Waals surface area contributed by atoms with Crippen molar-refractivity contribution in [2.45, 2.75) is 104 Å². The number of nitrogens with zero attached hydrogens (tertiary/aromatic N) is 1. The molecule has 0 aliphatic heterocycles. The standard InChI is InChI=1S/C28H43NO/c1-3-5-7-8-9-10-11-12-14-26-16-20-27(29-24-26)19-15-25-17-21-28(22-18-25)30-23-13-6-4-2/h16-18,20-22,24H,3-15,19,23H2,1-2H3. The Labute approximate surface area is 185 Å². The molecule has 0 spiro atoms. The number of aryl methyl sites for hydroxylation is 3. The predicted molar refractivity (Wildman–Crippen MR) is 129 cm³/mol. The SMILES string of the molecule is CCCCCCCCCCc1ccc(CCc2ccc(OCCCCC)cc2)nc1. The van der Waals surface area contributed by atoms with Crippen molar-refractivity contribution in [3.8, 4) is 5.75 Å². The second-order valence-corrected chi connectivity index (χ2v) is 8.58. The van der Waals surface area contributed by atoms with Gasteiger partial charge in [-0.25, -0.2) is 0 Å². The zero-order valence-electron chi connectivity index (χ0n) is 19.5. The molecule has 0 N–H and O–H groups in total. The number of benzene rings is 1. The summed E-state index contributed by atoms with van der Waals surface area (Å²) < 4.78 is 5.80. The Morgan fingerprint density at radius 1 is 0.600 bits per heavy atom. The minimum absolute atomic E-state index is 0.822. The van der Waals surface area contributed by atoms with E-state index in [9.17, 15) is 0 Å². The van der Waals surface area contributed by atoms with Crippen LogP contribution in [-0.4, -0.2) is 11.6 Å². The molecule has 2 nitrogen and oxygen atoms in total. The third-order valence-corrected chi connectivity index (χ3v) is 5.81. The average Bonchev–Trinajstić information content (AvgIpc) is 2.79. The maximum atomic E-state index is 5.80. The first-order valence-corrected chi connectivity index (χ1v) is 12.5. The van der Waals surface area contributed by atoms with Gasteiger partial charge in [-0.15, -0.1) is 0 Å². The van der Waals surface area contributed by atoms with E-state index in [1.54, 1.807) is 0 Å². The first-order chi connectivity index (χ1) is 14.8. The second kappa shape index (κ2) is 15.9. The largest absolute Gasteiger partial charge is 0.494 e. The second-order valence-electron chi connectivity index (χ2n) is 8.58. The van der Waals surface area contributed by atoms with Crippen LogP contribution in [0.15, 0.2) is 42.6 Å². The number of unbranched alkanes of at least 4 members (excludes halogenated alkanes) is 9. The van der Waals surface area contributed by atoms with Gasteiger partial charge in [0.05, 0.1) is 6.61 Å². The minimum Gasteiger partial charge on any atom is -0.494 e. The van der Waals surface area contributed by atoms with Crippen LogP contribution in [0.1, 0.15) is 101 Å². The predicted octanol–water partition coefficient (Wildman–Crippen LogP) is 8.12. The van der Waals surface area contributed by atoms with Gasteiger partial charge in [0.2, 0.25) is 0 Å². The number of aromatic nitrogens is 1. The molecule has 2 heteroatoms. The Hall–Kier alpha value is -1.83. The Kier molecular flexibility index (Phi) is 13.0. The molecule has 0 fully saturated rings. The van der Waals surface area contributed by atoms with Crippen LogP contribution in [0.25, 0.3) is 0 Å². The zero-order chi connectivity index (χ0) is 21.3. The van der Waals surface area contributed by atoms with Crippen molar-refractivity contribution >= 4 is 0 Å². The van der Waals surface area contributed by atoms with Crippen LogP contribution >= 0.6 is 0 Å². The van der Waals surface area contributed by atoms with Crippen LogP contribution in [0, 0.1) is 0 Å². The van der Waals surface area contributed by atoms with Gasteiger partial charge in [-0.05, 0) is 61.4 Å². The number of hydrogen-bond donors (Lipinski definition) is 0. The lowest BCUT2D eigenvalue weighted by Crippen LogP contribution is -1.98. The van der Waals surface area contributed by atoms with E-state index in [4.69, 9.17) is 9.72 Å². The lowest BCUT2D eigenvalue weighted by molar-refractivity contribution is 0.306. The van der Waals surface area contributed by atoms with Crippen LogP contribution in [0.5, 0.6) is 5.75 Å². The number of ether oxygens (including phenoxy) is 1. The van der Waals surface area contributed by atoms with Crippen molar-refractivity contribution in [2.24, 2.45) is 0 Å². The van der Waals surface area contributed by atoms with Gasteiger partial charge in [0.25, 0.3) is 0 Å². The summed E-state index contributed by atoms with van der Waals surface area (Å²) in [4.78, 5) is 4.69. The Morgan fingerprint density at radius 3 is 1.90 bits per heavy atom. The lowest BCUT2D eigenvalue weighted by Gasteiger charge is -2.07. The molecule has 1 aromatic heterocycles. The van der Waals surface area contributed by atoms with Gasteiger partial charge in [-0.3, -0.25) is 4.98 Å². The summed E-state index contributed by atoms with van der Waals surface area (Å²) in [6.45, 7) is 5.32. The molecule has 0 saturated carbocycles. The maximum Gasteiger partial charge on any atom is 0.119 e. The van der Waals surface area contributed by atoms with Crippen LogP contribution in [0.4, 0.5) is 0 Å². The van der Waals surface area contributed by atoms with Gasteiger partial charge in [0, 0.05) is 11.9 Å². The molecule has 2 rings (SSSR count). The molecular formula is C28H43NO. The van der Waals surface area contributed by atoms with Gasteiger partial charge in [-0.2, -0.15) is 0 Å². The monoisotopic (exact) mass is 409 g/mol. The van der Waals surface area contributed by atoms with Gasteiger partial charge in [0.15, 0.2) is 0 Å². The summed E-state index contributed by atoms with van der Waals surface area (Å²) in [7, 11) is 0. The molecule has 2 aromatic rings. The molecular weight excluding hydrogens is 366 g/mol. The van der Waals surface area contributed by atoms with Crippen molar-refractivity contribution in [3.63, 3.8) is 0 Å². The molecule has 166 valence electrons. The molecule has 0 amide bonds. The molecule has 0 bridgehead atoms. The van der Waals surface area contributed by atoms with E-state index in [0.717, 1.165) is 31.6 Å². The average molecular weight is 410 g/mol. The van der Waals surface area contributed by atoms with Gasteiger partial charge in [0.1, 0.15) is 5.75 Å². The number of rotatable bonds is 17. The van der Waals surface area contributed by atoms with Gasteiger partial charge < -0.3 is 4.74 Å². The van der Waals surface area contributed by atoms with Crippen LogP contribution < -0.4 is 4.74 Å². The molecule has 0 atom stereocenters. The fourth-order valence-electron chi connectivity index (χ4n) is 3.78. The maximum absolute atomic E-state index is 5.80. The fourth-order valence-corrected chi connectivity index (χ4v) is 3.78. The summed E-state index contributed by atoms with van der Waals surface area (Å²) in [6, 6.07) is 13.1. The molecule has 30 heavy (non-hydrogen) atoms. The fraction of sp³-hybridized carbons (Fsp3) is 0.607. The molecule has 0 radical (unpaired) electrons. The van der Waals surface area contributed by atoms with Gasteiger partial charge >= 0.3 is 0 Å². The highest BCUT2D eigenvalue weighted by Gasteiger charge is 2.01. The van der Waals surface area contributed by atoms with Crippen molar-refractivity contribution < 1.29 is 4.74 Å². The smallest absolute Gasteiger partial charge is 0.119 e. The van der Waals surface area contributed by atoms with E-state index < -0.39 is 0 Å². The molecule has 0 aliphatic rings. The summed E-state index contributed by atoms with van der Waals surface area (Å²) in [5.74, 6) is 0.985. The highest BCUT2D eigenvalue weighted by atomic mass is 16.5. The summed E-state index contributed by atoms with van der Waals surface area (Å²) in [6.07, 6.45) is 19.9. The van der Waals surface area contributed by atoms with Crippen molar-refractivity contribution in [1.82, 2.24) is 4.98 Å². The summed E-state index contributed by atoms with van der Waals surface area (Å²) in [5.41, 5.74) is 3.92. The highest BCUT2D eigenvalue weighted by Crippen LogP contribution is 2.15. The number of pyridine rings is 1. The van der Waals surface area contributed by atoms with Crippen molar-refractivity contribution in [2.75, 3.05) is 6.61 Å². The van der Waals surface area contributed by atoms with Crippen molar-refractivity contribution in [1.29, 1.82) is 0 Å². The van der Waals surface area contributed by atoms with Crippen LogP contribution in [0.2, 0.25) is 0 Å². The molecule has 0 saturated heterocycles. The molecule has 0 aliphatic carbocycles. The first-order valence-electron chi connectivity index (χ1n) is 12.5. The van der Waals surface area contributed by atoms with E-state index in [2.05, 4.69) is 56.4 Å². The number of hydrogen-bond acceptors (Lipinski definition) is 2. The Morgan fingerprint density at radius 2 is 1.23 bits per heavy atom. The summed E-state index contributed by atoms with van der Waals surface area (Å²) in [5, 5.41) is 0. The van der Waals surface area contributed by atoms with E-state index in [1.807, 2.05) is 0 Å².